The number of nitrogens with zero attached hydrogens (tertiary/aromatic N) is 4. The van der Waals surface area contributed by atoms with Crippen LogP contribution in [0.25, 0.3) is 11.5 Å². The third-order valence-electron chi connectivity index (χ3n) is 4.77. The minimum absolute atomic E-state index is 0.107. The van der Waals surface area contributed by atoms with Gasteiger partial charge in [-0.3, -0.25) is 4.79 Å². The normalized spacial score (nSPS) is 15.5. The van der Waals surface area contributed by atoms with Gasteiger partial charge in [0.25, 0.3) is 5.89 Å². The maximum absolute atomic E-state index is 12.9. The quantitative estimate of drug-likeness (QED) is 0.591. The number of fused-ring (bicyclic) bond motifs is 1. The van der Waals surface area contributed by atoms with Crippen LogP contribution in [-0.2, 0) is 35.0 Å². The molecule has 0 bridgehead atoms. The number of aromatic nitrogens is 4. The van der Waals surface area contributed by atoms with Crippen LogP contribution in [0.1, 0.15) is 29.5 Å². The third kappa shape index (κ3) is 4.81. The molecule has 4 rings (SSSR count). The number of anilines is 1. The molecule has 162 valence electrons. The summed E-state index contributed by atoms with van der Waals surface area (Å²) in [5.74, 6) is 0.161. The highest BCUT2D eigenvalue weighted by Gasteiger charge is 2.32. The number of hydrogen-bond donors (Lipinski definition) is 1. The minimum Gasteiger partial charge on any atom is -0.466 e. The van der Waals surface area contributed by atoms with Gasteiger partial charge in [0.15, 0.2) is 0 Å². The van der Waals surface area contributed by atoms with E-state index in [1.54, 1.807) is 6.92 Å². The second-order valence-electron chi connectivity index (χ2n) is 7.01. The summed E-state index contributed by atoms with van der Waals surface area (Å²) >= 11 is 0. The molecule has 2 heterocycles. The SMILES string of the molecule is CCOC(=O)Cc1nnc(-c2cnc(NC3Cc4ccc(C(F)(F)F)cc4C3)nc2)o1. The number of carbonyl (C=O) groups is 1. The van der Waals surface area contributed by atoms with Gasteiger partial charge in [0.1, 0.15) is 6.42 Å². The molecule has 8 nitrogen and oxygen atoms in total. The van der Waals surface area contributed by atoms with E-state index >= 15 is 0 Å². The molecule has 2 aromatic heterocycles. The van der Waals surface area contributed by atoms with E-state index in [4.69, 9.17) is 9.15 Å². The van der Waals surface area contributed by atoms with E-state index in [0.717, 1.165) is 11.6 Å². The number of benzene rings is 1. The maximum Gasteiger partial charge on any atom is 0.416 e. The van der Waals surface area contributed by atoms with Crippen molar-refractivity contribution in [3.8, 4) is 11.5 Å². The molecule has 1 unspecified atom stereocenters. The van der Waals surface area contributed by atoms with Crippen LogP contribution in [0.5, 0.6) is 0 Å². The molecule has 31 heavy (non-hydrogen) atoms. The topological polar surface area (TPSA) is 103 Å². The fraction of sp³-hybridized carbons (Fsp3) is 0.350. The molecule has 0 radical (unpaired) electrons. The summed E-state index contributed by atoms with van der Waals surface area (Å²) in [6, 6.07) is 3.72. The molecule has 1 aliphatic rings. The zero-order valence-corrected chi connectivity index (χ0v) is 16.4. The zero-order chi connectivity index (χ0) is 22.0. The number of rotatable bonds is 6. The number of carbonyl (C=O) groups excluding carboxylic acids is 1. The average Bonchev–Trinajstić information content (AvgIpc) is 3.34. The Hall–Kier alpha value is -3.50. The summed E-state index contributed by atoms with van der Waals surface area (Å²) in [5.41, 5.74) is 1.37. The van der Waals surface area contributed by atoms with Gasteiger partial charge in [-0.15, -0.1) is 10.2 Å². The maximum atomic E-state index is 12.9. The minimum atomic E-state index is -4.36. The van der Waals surface area contributed by atoms with Gasteiger partial charge in [-0.25, -0.2) is 9.97 Å². The van der Waals surface area contributed by atoms with Gasteiger partial charge >= 0.3 is 12.1 Å². The van der Waals surface area contributed by atoms with Crippen LogP contribution >= 0.6 is 0 Å². The molecule has 1 N–H and O–H groups in total. The molecule has 0 amide bonds. The molecule has 3 aromatic rings. The van der Waals surface area contributed by atoms with Crippen molar-refractivity contribution in [1.29, 1.82) is 0 Å². The Kier molecular flexibility index (Phi) is 5.57. The predicted octanol–water partition coefficient (Wildman–Crippen LogP) is 3.23. The fourth-order valence-electron chi connectivity index (χ4n) is 3.37. The van der Waals surface area contributed by atoms with E-state index in [2.05, 4.69) is 25.5 Å². The largest absolute Gasteiger partial charge is 0.466 e. The molecule has 1 atom stereocenters. The molecule has 0 saturated carbocycles. The highest BCUT2D eigenvalue weighted by atomic mass is 19.4. The Morgan fingerprint density at radius 3 is 2.65 bits per heavy atom. The lowest BCUT2D eigenvalue weighted by Crippen LogP contribution is -2.21. The van der Waals surface area contributed by atoms with Crippen molar-refractivity contribution in [2.45, 2.75) is 38.4 Å². The van der Waals surface area contributed by atoms with Gasteiger partial charge in [0, 0.05) is 18.4 Å². The van der Waals surface area contributed by atoms with Crippen LogP contribution in [0.15, 0.2) is 35.0 Å². The van der Waals surface area contributed by atoms with E-state index in [0.29, 0.717) is 29.9 Å². The van der Waals surface area contributed by atoms with Crippen LogP contribution in [0.3, 0.4) is 0 Å². The Labute approximate surface area is 174 Å². The monoisotopic (exact) mass is 433 g/mol. The van der Waals surface area contributed by atoms with Crippen molar-refractivity contribution < 1.29 is 27.1 Å². The second kappa shape index (κ2) is 8.32. The molecular weight excluding hydrogens is 415 g/mol. The first-order valence-electron chi connectivity index (χ1n) is 9.57. The Morgan fingerprint density at radius 2 is 1.94 bits per heavy atom. The fourth-order valence-corrected chi connectivity index (χ4v) is 3.37. The molecule has 0 fully saturated rings. The first kappa shape index (κ1) is 20.8. The highest BCUT2D eigenvalue weighted by molar-refractivity contribution is 5.71. The van der Waals surface area contributed by atoms with Gasteiger partial charge in [-0.05, 0) is 43.0 Å². The number of ether oxygens (including phenoxy) is 1. The van der Waals surface area contributed by atoms with E-state index < -0.39 is 17.7 Å². The van der Waals surface area contributed by atoms with Crippen LogP contribution in [0.4, 0.5) is 19.1 Å². The number of halogens is 3. The molecule has 1 aliphatic carbocycles. The van der Waals surface area contributed by atoms with Crippen molar-refractivity contribution in [3.05, 3.63) is 53.2 Å². The standard InChI is InChI=1S/C20H18F3N5O3/c1-2-30-17(29)8-16-27-28-18(31-16)13-9-24-19(25-10-13)26-15-6-11-3-4-14(20(21,22)23)5-12(11)7-15/h3-5,9-10,15H,2,6-8H2,1H3,(H,24,25,26). The number of hydrogen-bond acceptors (Lipinski definition) is 8. The van der Waals surface area contributed by atoms with Gasteiger partial charge < -0.3 is 14.5 Å². The molecule has 1 aromatic carbocycles. The zero-order valence-electron chi connectivity index (χ0n) is 16.4. The lowest BCUT2D eigenvalue weighted by molar-refractivity contribution is -0.142. The van der Waals surface area contributed by atoms with Crippen LogP contribution < -0.4 is 5.32 Å². The summed E-state index contributed by atoms with van der Waals surface area (Å²) in [4.78, 5) is 19.9. The van der Waals surface area contributed by atoms with Crippen LogP contribution in [0.2, 0.25) is 0 Å². The Balaban J connectivity index is 1.38. The molecular formula is C20H18F3N5O3. The lowest BCUT2D eigenvalue weighted by Gasteiger charge is -2.11. The van der Waals surface area contributed by atoms with Gasteiger partial charge in [-0.1, -0.05) is 6.07 Å². The van der Waals surface area contributed by atoms with Gasteiger partial charge in [0.2, 0.25) is 11.8 Å². The van der Waals surface area contributed by atoms with Gasteiger partial charge in [0.05, 0.1) is 17.7 Å². The highest BCUT2D eigenvalue weighted by Crippen LogP contribution is 2.33. The van der Waals surface area contributed by atoms with E-state index in [-0.39, 0.29) is 30.9 Å². The smallest absolute Gasteiger partial charge is 0.416 e. The number of esters is 1. The predicted molar refractivity (Wildman–Crippen MR) is 102 cm³/mol. The van der Waals surface area contributed by atoms with Gasteiger partial charge in [-0.2, -0.15) is 13.2 Å². The van der Waals surface area contributed by atoms with E-state index in [9.17, 15) is 18.0 Å². The van der Waals surface area contributed by atoms with E-state index in [1.165, 1.54) is 24.5 Å². The summed E-state index contributed by atoms with van der Waals surface area (Å²) in [5, 5.41) is 10.8. The van der Waals surface area contributed by atoms with Crippen molar-refractivity contribution in [3.63, 3.8) is 0 Å². The van der Waals surface area contributed by atoms with E-state index in [1.807, 2.05) is 0 Å². The Morgan fingerprint density at radius 1 is 1.19 bits per heavy atom. The Bertz CT molecular complexity index is 1080. The third-order valence-corrected chi connectivity index (χ3v) is 4.77. The summed E-state index contributed by atoms with van der Waals surface area (Å²) in [7, 11) is 0. The van der Waals surface area contributed by atoms with Crippen LogP contribution in [-0.4, -0.2) is 38.8 Å². The molecule has 0 saturated heterocycles. The molecule has 11 heteroatoms. The summed E-state index contributed by atoms with van der Waals surface area (Å²) in [6.07, 6.45) is -0.476. The lowest BCUT2D eigenvalue weighted by atomic mass is 10.1. The molecule has 0 aliphatic heterocycles. The van der Waals surface area contributed by atoms with Crippen LogP contribution in [0, 0.1) is 0 Å². The molecule has 0 spiro atoms. The average molecular weight is 433 g/mol. The van der Waals surface area contributed by atoms with Crippen molar-refractivity contribution in [2.24, 2.45) is 0 Å². The first-order valence-corrected chi connectivity index (χ1v) is 9.57. The van der Waals surface area contributed by atoms with Crippen molar-refractivity contribution >= 4 is 11.9 Å². The first-order chi connectivity index (χ1) is 14.8. The summed E-state index contributed by atoms with van der Waals surface area (Å²) in [6.45, 7) is 1.96. The number of alkyl halides is 3. The van der Waals surface area contributed by atoms with Crippen molar-refractivity contribution in [2.75, 3.05) is 11.9 Å². The summed E-state index contributed by atoms with van der Waals surface area (Å²) < 4.78 is 49.0. The number of nitrogens with one attached hydrogen (secondary N) is 1. The second-order valence-corrected chi connectivity index (χ2v) is 7.01. The van der Waals surface area contributed by atoms with Crippen molar-refractivity contribution in [1.82, 2.24) is 20.2 Å².